The van der Waals surface area contributed by atoms with Crippen molar-refractivity contribution in [3.05, 3.63) is 0 Å². The summed E-state index contributed by atoms with van der Waals surface area (Å²) in [5.41, 5.74) is 0.120. The average molecular weight is 477 g/mol. The van der Waals surface area contributed by atoms with E-state index in [4.69, 9.17) is 4.99 Å². The van der Waals surface area contributed by atoms with Crippen molar-refractivity contribution in [2.45, 2.75) is 46.0 Å². The van der Waals surface area contributed by atoms with Crippen LogP contribution in [0.2, 0.25) is 0 Å². The summed E-state index contributed by atoms with van der Waals surface area (Å²) in [6, 6.07) is 0. The highest BCUT2D eigenvalue weighted by Crippen LogP contribution is 2.35. The molecule has 0 radical (unpaired) electrons. The summed E-state index contributed by atoms with van der Waals surface area (Å²) < 4.78 is 0. The summed E-state index contributed by atoms with van der Waals surface area (Å²) >= 11 is 0. The Morgan fingerprint density at radius 1 is 1.35 bits per heavy atom. The Bertz CT molecular complexity index is 492. The number of carbonyl (C=O) groups excluding carboxylic acids is 1. The summed E-state index contributed by atoms with van der Waals surface area (Å²) in [4.78, 5) is 21.5. The number of carbonyl (C=O) groups is 1. The molecule has 1 unspecified atom stereocenters. The molecule has 3 rings (SSSR count). The van der Waals surface area contributed by atoms with Crippen LogP contribution in [0.15, 0.2) is 4.99 Å². The van der Waals surface area contributed by atoms with Crippen molar-refractivity contribution in [2.75, 3.05) is 52.4 Å². The second kappa shape index (κ2) is 10.1. The van der Waals surface area contributed by atoms with Crippen LogP contribution in [-0.2, 0) is 4.79 Å². The van der Waals surface area contributed by atoms with E-state index in [9.17, 15) is 4.79 Å². The molecule has 3 aliphatic rings. The number of rotatable bonds is 4. The van der Waals surface area contributed by atoms with Crippen LogP contribution in [0.25, 0.3) is 0 Å². The topological polar surface area (TPSA) is 60.0 Å². The van der Waals surface area contributed by atoms with Gasteiger partial charge in [-0.1, -0.05) is 6.92 Å². The number of halogens is 1. The monoisotopic (exact) mass is 477 g/mol. The molecular formula is C19H36IN5O. The highest BCUT2D eigenvalue weighted by molar-refractivity contribution is 14.0. The van der Waals surface area contributed by atoms with E-state index in [0.717, 1.165) is 64.0 Å². The van der Waals surface area contributed by atoms with Gasteiger partial charge in [0.25, 0.3) is 0 Å². The molecule has 6 nitrogen and oxygen atoms in total. The summed E-state index contributed by atoms with van der Waals surface area (Å²) in [6.45, 7) is 12.5. The molecule has 1 amide bonds. The highest BCUT2D eigenvalue weighted by Gasteiger charge is 2.42. The molecular weight excluding hydrogens is 441 g/mol. The van der Waals surface area contributed by atoms with Gasteiger partial charge in [0, 0.05) is 44.6 Å². The first kappa shape index (κ1) is 21.7. The first-order valence-electron chi connectivity index (χ1n) is 10.1. The van der Waals surface area contributed by atoms with Crippen molar-refractivity contribution in [1.29, 1.82) is 0 Å². The van der Waals surface area contributed by atoms with Gasteiger partial charge >= 0.3 is 0 Å². The van der Waals surface area contributed by atoms with Crippen molar-refractivity contribution in [2.24, 2.45) is 16.3 Å². The standard InChI is InChI=1S/C19H35N5O.HI/c1-3-20-18(21-8-12-23-10-5-16(2)6-11-23)24-9-4-7-19(15-24)13-17(25)22-14-19;/h16H,3-15H2,1-2H3,(H,20,21)(H,22,25);1H. The molecule has 0 aromatic heterocycles. The molecule has 3 saturated heterocycles. The predicted octanol–water partition coefficient (Wildman–Crippen LogP) is 1.90. The number of nitrogens with zero attached hydrogens (tertiary/aromatic N) is 3. The van der Waals surface area contributed by atoms with Gasteiger partial charge in [-0.3, -0.25) is 9.79 Å². The zero-order valence-electron chi connectivity index (χ0n) is 16.4. The summed E-state index contributed by atoms with van der Waals surface area (Å²) in [6.07, 6.45) is 5.60. The lowest BCUT2D eigenvalue weighted by Crippen LogP contribution is -2.51. The van der Waals surface area contributed by atoms with E-state index in [-0.39, 0.29) is 35.3 Å². The second-order valence-corrected chi connectivity index (χ2v) is 8.24. The van der Waals surface area contributed by atoms with Gasteiger partial charge in [0.2, 0.25) is 5.91 Å². The molecule has 0 aromatic carbocycles. The fourth-order valence-electron chi connectivity index (χ4n) is 4.44. The molecule has 150 valence electrons. The molecule has 0 saturated carbocycles. The zero-order valence-corrected chi connectivity index (χ0v) is 18.8. The number of hydrogen-bond acceptors (Lipinski definition) is 3. The van der Waals surface area contributed by atoms with Crippen LogP contribution in [0.4, 0.5) is 0 Å². The van der Waals surface area contributed by atoms with Gasteiger partial charge in [0.1, 0.15) is 0 Å². The minimum atomic E-state index is 0. The van der Waals surface area contributed by atoms with E-state index >= 15 is 0 Å². The molecule has 1 atom stereocenters. The van der Waals surface area contributed by atoms with Crippen molar-refractivity contribution >= 4 is 35.8 Å². The fraction of sp³-hybridized carbons (Fsp3) is 0.895. The normalized spacial score (nSPS) is 28.2. The molecule has 26 heavy (non-hydrogen) atoms. The average Bonchev–Trinajstić information content (AvgIpc) is 2.96. The Morgan fingerprint density at radius 2 is 2.12 bits per heavy atom. The van der Waals surface area contributed by atoms with Gasteiger partial charge in [-0.25, -0.2) is 0 Å². The number of likely N-dealkylation sites (tertiary alicyclic amines) is 2. The third-order valence-electron chi connectivity index (χ3n) is 6.05. The Labute approximate surface area is 175 Å². The minimum Gasteiger partial charge on any atom is -0.357 e. The number of nitrogens with one attached hydrogen (secondary N) is 2. The molecule has 2 N–H and O–H groups in total. The van der Waals surface area contributed by atoms with Gasteiger partial charge < -0.3 is 20.4 Å². The third-order valence-corrected chi connectivity index (χ3v) is 6.05. The maximum atomic E-state index is 11.7. The van der Waals surface area contributed by atoms with Crippen LogP contribution in [0.3, 0.4) is 0 Å². The van der Waals surface area contributed by atoms with Crippen molar-refractivity contribution in [3.63, 3.8) is 0 Å². The Balaban J connectivity index is 0.00000243. The predicted molar refractivity (Wildman–Crippen MR) is 117 cm³/mol. The molecule has 7 heteroatoms. The van der Waals surface area contributed by atoms with Gasteiger partial charge in [0.05, 0.1) is 6.54 Å². The van der Waals surface area contributed by atoms with Gasteiger partial charge in [-0.2, -0.15) is 0 Å². The zero-order chi connectivity index (χ0) is 17.7. The third kappa shape index (κ3) is 5.71. The number of guanidine groups is 1. The maximum Gasteiger partial charge on any atom is 0.220 e. The second-order valence-electron chi connectivity index (χ2n) is 8.24. The number of hydrogen-bond donors (Lipinski definition) is 2. The summed E-state index contributed by atoms with van der Waals surface area (Å²) in [5.74, 6) is 2.12. The quantitative estimate of drug-likeness (QED) is 0.369. The van der Waals surface area contributed by atoms with Crippen LogP contribution in [0.5, 0.6) is 0 Å². The summed E-state index contributed by atoms with van der Waals surface area (Å²) in [5, 5.41) is 6.50. The first-order chi connectivity index (χ1) is 12.1. The van der Waals surface area contributed by atoms with Crippen LogP contribution in [-0.4, -0.2) is 74.0 Å². The van der Waals surface area contributed by atoms with Crippen molar-refractivity contribution < 1.29 is 4.79 Å². The van der Waals surface area contributed by atoms with Crippen LogP contribution < -0.4 is 10.6 Å². The van der Waals surface area contributed by atoms with Gasteiger partial charge in [-0.05, 0) is 51.6 Å². The van der Waals surface area contributed by atoms with E-state index in [1.165, 1.54) is 25.9 Å². The molecule has 3 fully saturated rings. The lowest BCUT2D eigenvalue weighted by atomic mass is 9.79. The van der Waals surface area contributed by atoms with E-state index in [0.29, 0.717) is 6.42 Å². The maximum absolute atomic E-state index is 11.7. The number of piperidine rings is 2. The lowest BCUT2D eigenvalue weighted by molar-refractivity contribution is -0.119. The smallest absolute Gasteiger partial charge is 0.220 e. The van der Waals surface area contributed by atoms with Crippen LogP contribution in [0.1, 0.15) is 46.0 Å². The molecule has 0 aromatic rings. The van der Waals surface area contributed by atoms with E-state index in [1.54, 1.807) is 0 Å². The van der Waals surface area contributed by atoms with Crippen molar-refractivity contribution in [1.82, 2.24) is 20.4 Å². The van der Waals surface area contributed by atoms with E-state index < -0.39 is 0 Å². The number of amides is 1. The SMILES string of the molecule is CCNC(=NCCN1CCC(C)CC1)N1CCCC2(CNC(=O)C2)C1.I. The Morgan fingerprint density at radius 3 is 2.77 bits per heavy atom. The Kier molecular flexibility index (Phi) is 8.44. The van der Waals surface area contributed by atoms with Crippen LogP contribution in [0, 0.1) is 11.3 Å². The Hall–Kier alpha value is -0.570. The first-order valence-corrected chi connectivity index (χ1v) is 10.1. The molecule has 0 aliphatic carbocycles. The van der Waals surface area contributed by atoms with E-state index in [2.05, 4.69) is 34.3 Å². The molecule has 3 heterocycles. The molecule has 0 bridgehead atoms. The van der Waals surface area contributed by atoms with Crippen molar-refractivity contribution in [3.8, 4) is 0 Å². The highest BCUT2D eigenvalue weighted by atomic mass is 127. The van der Waals surface area contributed by atoms with Crippen LogP contribution >= 0.6 is 24.0 Å². The van der Waals surface area contributed by atoms with Gasteiger partial charge in [-0.15, -0.1) is 24.0 Å². The lowest BCUT2D eigenvalue weighted by Gasteiger charge is -2.41. The molecule has 3 aliphatic heterocycles. The largest absolute Gasteiger partial charge is 0.357 e. The minimum absolute atomic E-state index is 0. The molecule has 1 spiro atoms. The fourth-order valence-corrected chi connectivity index (χ4v) is 4.44. The van der Waals surface area contributed by atoms with E-state index in [1.807, 2.05) is 0 Å². The van der Waals surface area contributed by atoms with Gasteiger partial charge in [0.15, 0.2) is 5.96 Å². The summed E-state index contributed by atoms with van der Waals surface area (Å²) in [7, 11) is 0. The number of aliphatic imine (C=N–C) groups is 1.